The van der Waals surface area contributed by atoms with Crippen molar-refractivity contribution in [3.05, 3.63) is 146 Å². The number of aliphatic hydroxyl groups excluding tert-OH is 1. The molecule has 3 N–H and O–H groups in total. The first-order chi connectivity index (χ1) is 51.7. The second-order valence-corrected chi connectivity index (χ2v) is 29.8. The summed E-state index contributed by atoms with van der Waals surface area (Å²) in [7, 11) is -10.00. The van der Waals surface area contributed by atoms with Crippen LogP contribution in [0.15, 0.2) is 146 Å². The second kappa shape index (κ2) is 78.1. The highest BCUT2D eigenvalue weighted by molar-refractivity contribution is 7.47. The van der Waals surface area contributed by atoms with Gasteiger partial charge in [0, 0.05) is 25.7 Å². The number of hydrogen-bond donors (Lipinski definition) is 3. The number of hydrogen-bond acceptors (Lipinski definition) is 15. The van der Waals surface area contributed by atoms with E-state index in [0.29, 0.717) is 32.1 Å². The molecule has 5 unspecified atom stereocenters. The largest absolute Gasteiger partial charge is 0.472 e. The maximum Gasteiger partial charge on any atom is 0.472 e. The van der Waals surface area contributed by atoms with Crippen molar-refractivity contribution in [1.29, 1.82) is 0 Å². The molecule has 606 valence electrons. The minimum atomic E-state index is -5.00. The van der Waals surface area contributed by atoms with E-state index in [1.807, 2.05) is 18.2 Å². The summed E-state index contributed by atoms with van der Waals surface area (Å²) in [5.74, 6) is -2.31. The van der Waals surface area contributed by atoms with Crippen LogP contribution in [0.5, 0.6) is 0 Å². The Morgan fingerprint density at radius 1 is 0.274 bits per heavy atom. The van der Waals surface area contributed by atoms with Crippen LogP contribution in [0.3, 0.4) is 0 Å². The number of esters is 4. The zero-order valence-corrected chi connectivity index (χ0v) is 68.1. The number of allylic oxidation sites excluding steroid dienone is 24. The van der Waals surface area contributed by atoms with E-state index in [4.69, 9.17) is 37.0 Å². The number of unbranched alkanes of at least 4 members (excludes halogenated alkanes) is 26. The van der Waals surface area contributed by atoms with E-state index >= 15 is 0 Å². The molecular weight excluding hydrogens is 1380 g/mol. The number of aliphatic hydroxyl groups is 1. The van der Waals surface area contributed by atoms with Crippen molar-refractivity contribution in [3.63, 3.8) is 0 Å². The molecular formula is C87H146O17P2. The molecule has 106 heavy (non-hydrogen) atoms. The number of ether oxygens (including phenoxy) is 4. The Bertz CT molecular complexity index is 2580. The second-order valence-electron chi connectivity index (χ2n) is 26.9. The molecule has 0 bridgehead atoms. The first kappa shape index (κ1) is 101. The lowest BCUT2D eigenvalue weighted by atomic mass is 10.1. The maximum absolute atomic E-state index is 13.1. The Balaban J connectivity index is 5.45. The predicted octanol–water partition coefficient (Wildman–Crippen LogP) is 24.2. The summed E-state index contributed by atoms with van der Waals surface area (Å²) >= 11 is 0. The molecule has 0 fully saturated rings. The van der Waals surface area contributed by atoms with Crippen LogP contribution in [0.4, 0.5) is 0 Å². The molecule has 0 saturated heterocycles. The SMILES string of the molecule is CC/C=C\C/C=C\C/C=C\C/C=C\C/C=C\C/C=C\CCC(=O)OCC(COP(=O)(O)OCC(O)COP(=O)(O)OCC(COC(=O)CCCCCCCCC/C=C\C/C=C\C/C=C\CC)OC(=O)CCCCCCC/C=C\CCCCCCCC)OC(=O)CCCCCCC/C=C\C/C=C\CCCCC. The van der Waals surface area contributed by atoms with Gasteiger partial charge >= 0.3 is 39.5 Å². The van der Waals surface area contributed by atoms with Crippen molar-refractivity contribution < 1.29 is 80.2 Å². The molecule has 0 aliphatic rings. The highest BCUT2D eigenvalue weighted by Crippen LogP contribution is 2.45. The van der Waals surface area contributed by atoms with Crippen LogP contribution in [-0.2, 0) is 65.4 Å². The van der Waals surface area contributed by atoms with Crippen LogP contribution in [0.25, 0.3) is 0 Å². The van der Waals surface area contributed by atoms with Gasteiger partial charge in [0.05, 0.1) is 26.4 Å². The lowest BCUT2D eigenvalue weighted by molar-refractivity contribution is -0.161. The molecule has 0 aromatic carbocycles. The Labute approximate surface area is 643 Å². The average molecular weight is 1530 g/mol. The molecule has 19 heteroatoms. The summed E-state index contributed by atoms with van der Waals surface area (Å²) in [4.78, 5) is 73.1. The molecule has 0 amide bonds. The molecule has 0 spiro atoms. The molecule has 0 rings (SSSR count). The third kappa shape index (κ3) is 77.1. The summed E-state index contributed by atoms with van der Waals surface area (Å²) in [6.45, 7) is 4.52. The summed E-state index contributed by atoms with van der Waals surface area (Å²) in [5, 5.41) is 10.7. The van der Waals surface area contributed by atoms with Crippen molar-refractivity contribution in [3.8, 4) is 0 Å². The molecule has 17 nitrogen and oxygen atoms in total. The smallest absolute Gasteiger partial charge is 0.462 e. The van der Waals surface area contributed by atoms with E-state index in [1.54, 1.807) is 0 Å². The Morgan fingerprint density at radius 2 is 0.509 bits per heavy atom. The van der Waals surface area contributed by atoms with Gasteiger partial charge in [-0.15, -0.1) is 0 Å². The fourth-order valence-electron chi connectivity index (χ4n) is 10.6. The number of phosphoric acid groups is 2. The molecule has 0 aliphatic carbocycles. The van der Waals surface area contributed by atoms with Crippen molar-refractivity contribution in [2.45, 2.75) is 341 Å². The van der Waals surface area contributed by atoms with Gasteiger partial charge in [-0.2, -0.15) is 0 Å². The quantitative estimate of drug-likeness (QED) is 0.0169. The summed E-state index contributed by atoms with van der Waals surface area (Å²) < 4.78 is 68.6. The monoisotopic (exact) mass is 1530 g/mol. The van der Waals surface area contributed by atoms with E-state index in [-0.39, 0.29) is 25.7 Å². The van der Waals surface area contributed by atoms with Gasteiger partial charge in [0.25, 0.3) is 0 Å². The van der Waals surface area contributed by atoms with Crippen LogP contribution >= 0.6 is 15.6 Å². The lowest BCUT2D eigenvalue weighted by Gasteiger charge is -2.21. The summed E-state index contributed by atoms with van der Waals surface area (Å²) in [6.07, 6.45) is 89.7. The van der Waals surface area contributed by atoms with Gasteiger partial charge in [-0.1, -0.05) is 289 Å². The van der Waals surface area contributed by atoms with Gasteiger partial charge in [0.2, 0.25) is 0 Å². The zero-order valence-electron chi connectivity index (χ0n) is 66.3. The third-order valence-electron chi connectivity index (χ3n) is 16.8. The van der Waals surface area contributed by atoms with E-state index in [0.717, 1.165) is 180 Å². The molecule has 0 aromatic heterocycles. The van der Waals surface area contributed by atoms with E-state index in [9.17, 15) is 43.2 Å². The molecule has 0 heterocycles. The maximum atomic E-state index is 13.1. The van der Waals surface area contributed by atoms with E-state index in [1.165, 1.54) is 57.8 Å². The highest BCUT2D eigenvalue weighted by Gasteiger charge is 2.30. The first-order valence-electron chi connectivity index (χ1n) is 41.1. The third-order valence-corrected chi connectivity index (χ3v) is 18.7. The minimum Gasteiger partial charge on any atom is -0.462 e. The van der Waals surface area contributed by atoms with Crippen LogP contribution in [0.2, 0.25) is 0 Å². The van der Waals surface area contributed by atoms with E-state index < -0.39 is 97.5 Å². The van der Waals surface area contributed by atoms with Gasteiger partial charge in [-0.25, -0.2) is 9.13 Å². The number of phosphoric ester groups is 2. The first-order valence-corrected chi connectivity index (χ1v) is 44.1. The lowest BCUT2D eigenvalue weighted by Crippen LogP contribution is -2.30. The fraction of sp³-hybridized carbons (Fsp3) is 0.678. The number of carbonyl (C=O) groups is 4. The molecule has 0 aromatic rings. The molecule has 0 saturated carbocycles. The summed E-state index contributed by atoms with van der Waals surface area (Å²) in [6, 6.07) is 0. The highest BCUT2D eigenvalue weighted by atomic mass is 31.2. The van der Waals surface area contributed by atoms with Crippen LogP contribution in [0.1, 0.15) is 323 Å². The predicted molar refractivity (Wildman–Crippen MR) is 436 cm³/mol. The van der Waals surface area contributed by atoms with Gasteiger partial charge in [-0.3, -0.25) is 37.3 Å². The summed E-state index contributed by atoms with van der Waals surface area (Å²) in [5.41, 5.74) is 0. The van der Waals surface area contributed by atoms with Crippen LogP contribution in [-0.4, -0.2) is 96.7 Å². The standard InChI is InChI=1S/C87H146O17P2/c1-5-9-13-17-21-25-29-33-37-39-40-42-46-48-52-56-60-64-68-72-85(90)98-78-83(104-87(92)74-70-66-62-58-54-50-44-36-32-28-24-20-16-12-8-4)80-102-106(95,96)100-76-81(88)75-99-105(93,94)101-79-82(103-86(91)73-69-65-61-57-53-49-43-35-31-27-23-19-15-11-7-3)77-97-84(89)71-67-63-59-55-51-47-45-41-38-34-30-26-22-18-14-10-6-2/h9-10,13-14,21-22,24-26,28,33-38,40,42-44,48,52,60,64,81-83,88H,5-8,11-12,15-20,23,27,29-32,39,41,45-47,49-51,53-59,61-63,65-80H2,1-4H3,(H,93,94)(H,95,96)/b13-9-,14-10-,25-21-,26-22-,28-24-,37-33-,38-34-,42-40-,43-35-,44-36-,52-48-,64-60-. The topological polar surface area (TPSA) is 237 Å². The van der Waals surface area contributed by atoms with Gasteiger partial charge in [0.1, 0.15) is 19.3 Å². The van der Waals surface area contributed by atoms with Crippen molar-refractivity contribution in [1.82, 2.24) is 0 Å². The van der Waals surface area contributed by atoms with Crippen LogP contribution in [0, 0.1) is 0 Å². The Hall–Kier alpha value is -5.06. The van der Waals surface area contributed by atoms with Gasteiger partial charge < -0.3 is 33.8 Å². The van der Waals surface area contributed by atoms with E-state index in [2.05, 4.69) is 155 Å². The van der Waals surface area contributed by atoms with Crippen molar-refractivity contribution in [2.24, 2.45) is 0 Å². The van der Waals surface area contributed by atoms with Crippen molar-refractivity contribution in [2.75, 3.05) is 39.6 Å². The molecule has 0 radical (unpaired) electrons. The molecule has 0 aliphatic heterocycles. The van der Waals surface area contributed by atoms with Crippen molar-refractivity contribution >= 4 is 39.5 Å². The number of rotatable bonds is 76. The number of carbonyl (C=O) groups excluding carboxylic acids is 4. The van der Waals surface area contributed by atoms with Gasteiger partial charge in [0.15, 0.2) is 12.2 Å². The zero-order chi connectivity index (χ0) is 77.4. The normalized spacial score (nSPS) is 14.6. The molecule has 5 atom stereocenters. The minimum absolute atomic E-state index is 0.0295. The Morgan fingerprint density at radius 3 is 0.840 bits per heavy atom. The van der Waals surface area contributed by atoms with Gasteiger partial charge in [-0.05, 0) is 154 Å². The fourth-order valence-corrected chi connectivity index (χ4v) is 12.2. The van der Waals surface area contributed by atoms with Crippen LogP contribution < -0.4 is 0 Å². The average Bonchev–Trinajstić information content (AvgIpc) is 0.909. The Kier molecular flexibility index (Phi) is 74.3.